The first-order chi connectivity index (χ1) is 5.20. The molecule has 0 rings (SSSR count). The van der Waals surface area contributed by atoms with Crippen LogP contribution in [0.25, 0.3) is 0 Å². The van der Waals surface area contributed by atoms with E-state index in [0.29, 0.717) is 0 Å². The predicted molar refractivity (Wildman–Crippen MR) is 53.2 cm³/mol. The van der Waals surface area contributed by atoms with E-state index in [4.69, 9.17) is 11.6 Å². The molecule has 0 saturated heterocycles. The molecule has 1 heteroatoms. The number of halogens is 1. The molecule has 0 aromatic carbocycles. The van der Waals surface area contributed by atoms with Crippen LogP contribution in [-0.4, -0.2) is 5.88 Å². The van der Waals surface area contributed by atoms with Crippen molar-refractivity contribution in [3.63, 3.8) is 0 Å². The molecule has 0 aliphatic heterocycles. The van der Waals surface area contributed by atoms with Gasteiger partial charge in [0.25, 0.3) is 0 Å². The van der Waals surface area contributed by atoms with Gasteiger partial charge in [0.1, 0.15) is 0 Å². The number of hydrogen-bond acceptors (Lipinski definition) is 0. The Morgan fingerprint density at radius 3 is 2.18 bits per heavy atom. The van der Waals surface area contributed by atoms with Crippen molar-refractivity contribution in [3.05, 3.63) is 0 Å². The van der Waals surface area contributed by atoms with Crippen LogP contribution in [0.5, 0.6) is 0 Å². The minimum atomic E-state index is 0.760. The van der Waals surface area contributed by atoms with E-state index < -0.39 is 0 Å². The van der Waals surface area contributed by atoms with Crippen LogP contribution in [0.3, 0.4) is 0 Å². The molecule has 0 N–H and O–H groups in total. The summed E-state index contributed by atoms with van der Waals surface area (Å²) in [7, 11) is 0. The van der Waals surface area contributed by atoms with Gasteiger partial charge < -0.3 is 0 Å². The van der Waals surface area contributed by atoms with Crippen LogP contribution in [0.15, 0.2) is 0 Å². The number of rotatable bonds is 6. The molecule has 0 spiro atoms. The highest BCUT2D eigenvalue weighted by molar-refractivity contribution is 6.18. The van der Waals surface area contributed by atoms with Crippen molar-refractivity contribution in [1.29, 1.82) is 0 Å². The third-order valence-corrected chi connectivity index (χ3v) is 2.63. The van der Waals surface area contributed by atoms with Gasteiger partial charge in [0.15, 0.2) is 0 Å². The summed E-state index contributed by atoms with van der Waals surface area (Å²) in [6.45, 7) is 6.78. The smallest absolute Gasteiger partial charge is 0.0251 e. The van der Waals surface area contributed by atoms with Crippen molar-refractivity contribution >= 4 is 11.6 Å². The van der Waals surface area contributed by atoms with Gasteiger partial charge in [-0.3, -0.25) is 0 Å². The third-order valence-electron chi connectivity index (χ3n) is 2.19. The fourth-order valence-electron chi connectivity index (χ4n) is 1.21. The van der Waals surface area contributed by atoms with Gasteiger partial charge in [-0.1, -0.05) is 40.0 Å². The standard InChI is InChI=1S/C10H21Cl/c1-4-10(8-11)7-5-6-9(2)3/h9-10H,4-8H2,1-3H3. The van der Waals surface area contributed by atoms with Crippen LogP contribution in [0, 0.1) is 11.8 Å². The second kappa shape index (κ2) is 6.97. The zero-order valence-corrected chi connectivity index (χ0v) is 8.82. The molecule has 0 aliphatic carbocycles. The Hall–Kier alpha value is 0.290. The first-order valence-electron chi connectivity index (χ1n) is 4.76. The zero-order chi connectivity index (χ0) is 8.69. The van der Waals surface area contributed by atoms with E-state index in [1.165, 1.54) is 25.7 Å². The Morgan fingerprint density at radius 2 is 1.82 bits per heavy atom. The molecular weight excluding hydrogens is 156 g/mol. The summed E-state index contributed by atoms with van der Waals surface area (Å²) in [5.41, 5.74) is 0. The normalized spacial score (nSPS) is 13.9. The molecule has 0 radical (unpaired) electrons. The van der Waals surface area contributed by atoms with E-state index in [1.807, 2.05) is 0 Å². The molecule has 11 heavy (non-hydrogen) atoms. The maximum atomic E-state index is 5.78. The molecule has 0 heterocycles. The Balaban J connectivity index is 3.21. The fourth-order valence-corrected chi connectivity index (χ4v) is 1.58. The fraction of sp³-hybridized carbons (Fsp3) is 1.00. The Bertz CT molecular complexity index is 74.9. The van der Waals surface area contributed by atoms with E-state index in [1.54, 1.807) is 0 Å². The summed E-state index contributed by atoms with van der Waals surface area (Å²) < 4.78 is 0. The van der Waals surface area contributed by atoms with Crippen molar-refractivity contribution < 1.29 is 0 Å². The lowest BCUT2D eigenvalue weighted by atomic mass is 9.98. The second-order valence-corrected chi connectivity index (χ2v) is 4.06. The Labute approximate surface area is 76.3 Å². The highest BCUT2D eigenvalue weighted by Gasteiger charge is 2.04. The quantitative estimate of drug-likeness (QED) is 0.535. The second-order valence-electron chi connectivity index (χ2n) is 3.75. The van der Waals surface area contributed by atoms with Crippen molar-refractivity contribution in [3.8, 4) is 0 Å². The number of alkyl halides is 1. The number of hydrogen-bond donors (Lipinski definition) is 0. The molecule has 0 aliphatic rings. The highest BCUT2D eigenvalue weighted by Crippen LogP contribution is 2.16. The third kappa shape index (κ3) is 6.68. The maximum absolute atomic E-state index is 5.78. The van der Waals surface area contributed by atoms with Crippen molar-refractivity contribution in [2.75, 3.05) is 5.88 Å². The molecule has 0 aromatic heterocycles. The van der Waals surface area contributed by atoms with Crippen LogP contribution >= 0.6 is 11.6 Å². The van der Waals surface area contributed by atoms with E-state index >= 15 is 0 Å². The molecule has 0 bridgehead atoms. The lowest BCUT2D eigenvalue weighted by molar-refractivity contribution is 0.452. The van der Waals surface area contributed by atoms with Gasteiger partial charge in [-0.25, -0.2) is 0 Å². The van der Waals surface area contributed by atoms with Gasteiger partial charge in [0.05, 0.1) is 0 Å². The minimum absolute atomic E-state index is 0.760. The molecular formula is C10H21Cl. The summed E-state index contributed by atoms with van der Waals surface area (Å²) in [4.78, 5) is 0. The first kappa shape index (κ1) is 11.3. The monoisotopic (exact) mass is 176 g/mol. The van der Waals surface area contributed by atoms with Crippen molar-refractivity contribution in [1.82, 2.24) is 0 Å². The zero-order valence-electron chi connectivity index (χ0n) is 8.07. The molecule has 0 amide bonds. The van der Waals surface area contributed by atoms with Gasteiger partial charge in [0.2, 0.25) is 0 Å². The van der Waals surface area contributed by atoms with Gasteiger partial charge >= 0.3 is 0 Å². The molecule has 0 nitrogen and oxygen atoms in total. The van der Waals surface area contributed by atoms with Crippen LogP contribution in [0.4, 0.5) is 0 Å². The molecule has 68 valence electrons. The Kier molecular flexibility index (Phi) is 7.15. The van der Waals surface area contributed by atoms with Gasteiger partial charge in [-0.05, 0) is 18.3 Å². The van der Waals surface area contributed by atoms with Crippen LogP contribution in [0.2, 0.25) is 0 Å². The topological polar surface area (TPSA) is 0 Å². The lowest BCUT2D eigenvalue weighted by Crippen LogP contribution is -2.01. The van der Waals surface area contributed by atoms with Gasteiger partial charge in [-0.15, -0.1) is 11.6 Å². The average Bonchev–Trinajstić information content (AvgIpc) is 1.98. The van der Waals surface area contributed by atoms with Crippen LogP contribution in [0.1, 0.15) is 46.5 Å². The first-order valence-corrected chi connectivity index (χ1v) is 5.30. The SMILES string of the molecule is CCC(CCl)CCCC(C)C. The largest absolute Gasteiger partial charge is 0.126 e. The summed E-state index contributed by atoms with van der Waals surface area (Å²) in [6, 6.07) is 0. The highest BCUT2D eigenvalue weighted by atomic mass is 35.5. The molecule has 0 fully saturated rings. The minimum Gasteiger partial charge on any atom is -0.126 e. The average molecular weight is 177 g/mol. The molecule has 1 atom stereocenters. The Morgan fingerprint density at radius 1 is 1.18 bits per heavy atom. The van der Waals surface area contributed by atoms with Crippen molar-refractivity contribution in [2.45, 2.75) is 46.5 Å². The van der Waals surface area contributed by atoms with E-state index in [-0.39, 0.29) is 0 Å². The predicted octanol–water partition coefficient (Wildman–Crippen LogP) is 4.08. The molecule has 0 saturated carbocycles. The van der Waals surface area contributed by atoms with E-state index in [9.17, 15) is 0 Å². The summed E-state index contributed by atoms with van der Waals surface area (Å²) in [5, 5.41) is 0. The van der Waals surface area contributed by atoms with Crippen LogP contribution in [-0.2, 0) is 0 Å². The van der Waals surface area contributed by atoms with Gasteiger partial charge in [0, 0.05) is 5.88 Å². The van der Waals surface area contributed by atoms with E-state index in [0.717, 1.165) is 17.7 Å². The summed E-state index contributed by atoms with van der Waals surface area (Å²) in [6.07, 6.45) is 5.26. The maximum Gasteiger partial charge on any atom is 0.0251 e. The molecule has 0 aromatic rings. The molecule has 1 unspecified atom stereocenters. The summed E-state index contributed by atoms with van der Waals surface area (Å²) in [5.74, 6) is 2.45. The summed E-state index contributed by atoms with van der Waals surface area (Å²) >= 11 is 5.78. The van der Waals surface area contributed by atoms with Crippen LogP contribution < -0.4 is 0 Å². The lowest BCUT2D eigenvalue weighted by Gasteiger charge is -2.11. The van der Waals surface area contributed by atoms with Crippen molar-refractivity contribution in [2.24, 2.45) is 11.8 Å². The van der Waals surface area contributed by atoms with E-state index in [2.05, 4.69) is 20.8 Å². The van der Waals surface area contributed by atoms with Gasteiger partial charge in [-0.2, -0.15) is 0 Å².